The van der Waals surface area contributed by atoms with Gasteiger partial charge in [0.2, 0.25) is 5.91 Å². The van der Waals surface area contributed by atoms with E-state index >= 15 is 0 Å². The molecule has 0 unspecified atom stereocenters. The Hall–Kier alpha value is -1.67. The number of esters is 1. The molecule has 0 bridgehead atoms. The van der Waals surface area contributed by atoms with E-state index in [0.717, 1.165) is 21.9 Å². The second-order valence-electron chi connectivity index (χ2n) is 5.57. The molecule has 1 aliphatic heterocycles. The van der Waals surface area contributed by atoms with E-state index in [2.05, 4.69) is 9.97 Å². The van der Waals surface area contributed by atoms with E-state index in [1.54, 1.807) is 16.7 Å². The maximum Gasteiger partial charge on any atom is 0.320 e. The lowest BCUT2D eigenvalue weighted by Gasteiger charge is -2.30. The molecule has 1 amide bonds. The molecule has 1 aliphatic rings. The van der Waals surface area contributed by atoms with Crippen molar-refractivity contribution in [1.29, 1.82) is 0 Å². The molecule has 2 heterocycles. The number of amides is 1. The van der Waals surface area contributed by atoms with E-state index in [4.69, 9.17) is 4.74 Å². The average Bonchev–Trinajstić information content (AvgIpc) is 3.01. The summed E-state index contributed by atoms with van der Waals surface area (Å²) in [6, 6.07) is 6.02. The number of aryl methyl sites for hydroxylation is 1. The van der Waals surface area contributed by atoms with E-state index < -0.39 is 0 Å². The summed E-state index contributed by atoms with van der Waals surface area (Å²) in [5, 5.41) is 0.451. The molecule has 1 aromatic heterocycles. The first-order chi connectivity index (χ1) is 11.6. The Morgan fingerprint density at radius 2 is 2.33 bits per heavy atom. The molecule has 24 heavy (non-hydrogen) atoms. The van der Waals surface area contributed by atoms with E-state index in [0.29, 0.717) is 18.8 Å². The fourth-order valence-corrected chi connectivity index (χ4v) is 4.46. The number of H-pyrrole nitrogens is 1. The first-order valence-corrected chi connectivity index (χ1v) is 9.66. The standard InChI is InChI=1S/C16H19N3O3S2/c1-10-3-4-11-12(7-10)18-16(17-11)24-9-14(20)19-5-6-23-13(8-19)15(21)22-2/h3-4,7,13H,5-6,8-9H2,1-2H3,(H,17,18)/t13-/m0/s1. The summed E-state index contributed by atoms with van der Waals surface area (Å²) in [5.74, 6) is 0.806. The molecule has 0 radical (unpaired) electrons. The lowest BCUT2D eigenvalue weighted by molar-refractivity contribution is -0.141. The molecule has 2 aromatic rings. The van der Waals surface area contributed by atoms with Crippen LogP contribution in [0.3, 0.4) is 0 Å². The molecule has 1 aromatic carbocycles. The summed E-state index contributed by atoms with van der Waals surface area (Å²) < 4.78 is 4.77. The normalized spacial score (nSPS) is 17.9. The number of thioether (sulfide) groups is 2. The summed E-state index contributed by atoms with van der Waals surface area (Å²) in [6.07, 6.45) is 0. The quantitative estimate of drug-likeness (QED) is 0.660. The number of imidazole rings is 1. The van der Waals surface area contributed by atoms with Crippen LogP contribution in [0, 0.1) is 6.92 Å². The molecular formula is C16H19N3O3S2. The molecule has 8 heteroatoms. The van der Waals surface area contributed by atoms with Gasteiger partial charge in [-0.15, -0.1) is 11.8 Å². The van der Waals surface area contributed by atoms with E-state index in [9.17, 15) is 9.59 Å². The summed E-state index contributed by atoms with van der Waals surface area (Å²) >= 11 is 2.93. The Labute approximate surface area is 148 Å². The molecule has 6 nitrogen and oxygen atoms in total. The topological polar surface area (TPSA) is 75.3 Å². The van der Waals surface area contributed by atoms with Crippen LogP contribution in [-0.4, -0.2) is 63.7 Å². The molecule has 3 rings (SSSR count). The third kappa shape index (κ3) is 3.87. The zero-order valence-corrected chi connectivity index (χ0v) is 15.2. The number of aromatic amines is 1. The number of ether oxygens (including phenoxy) is 1. The monoisotopic (exact) mass is 365 g/mol. The van der Waals surface area contributed by atoms with Crippen molar-refractivity contribution in [2.45, 2.75) is 17.3 Å². The molecule has 0 saturated carbocycles. The highest BCUT2D eigenvalue weighted by Crippen LogP contribution is 2.23. The SMILES string of the molecule is COC(=O)[C@@H]1CN(C(=O)CSc2nc3ccc(C)cc3[nH]2)CCS1. The highest BCUT2D eigenvalue weighted by molar-refractivity contribution is 8.00. The van der Waals surface area contributed by atoms with Gasteiger partial charge in [0.05, 0.1) is 23.9 Å². The minimum atomic E-state index is -0.285. The molecule has 1 fully saturated rings. The Balaban J connectivity index is 1.59. The lowest BCUT2D eigenvalue weighted by Crippen LogP contribution is -2.45. The van der Waals surface area contributed by atoms with Gasteiger partial charge in [-0.3, -0.25) is 9.59 Å². The van der Waals surface area contributed by atoms with E-state index in [-0.39, 0.29) is 17.1 Å². The summed E-state index contributed by atoms with van der Waals surface area (Å²) in [4.78, 5) is 33.5. The van der Waals surface area contributed by atoms with Crippen molar-refractivity contribution in [2.24, 2.45) is 0 Å². The van der Waals surface area contributed by atoms with Crippen LogP contribution in [0.25, 0.3) is 11.0 Å². The van der Waals surface area contributed by atoms with Crippen LogP contribution >= 0.6 is 23.5 Å². The molecule has 1 N–H and O–H groups in total. The molecule has 0 spiro atoms. The lowest BCUT2D eigenvalue weighted by atomic mass is 10.2. The van der Waals surface area contributed by atoms with Crippen molar-refractivity contribution in [3.8, 4) is 0 Å². The summed E-state index contributed by atoms with van der Waals surface area (Å²) in [6.45, 7) is 3.11. The van der Waals surface area contributed by atoms with Gasteiger partial charge in [0.1, 0.15) is 5.25 Å². The smallest absolute Gasteiger partial charge is 0.320 e. The predicted molar refractivity (Wildman–Crippen MR) is 96.4 cm³/mol. The van der Waals surface area contributed by atoms with Gasteiger partial charge in [-0.25, -0.2) is 4.98 Å². The van der Waals surface area contributed by atoms with Gasteiger partial charge in [0.15, 0.2) is 5.16 Å². The largest absolute Gasteiger partial charge is 0.468 e. The van der Waals surface area contributed by atoms with Crippen molar-refractivity contribution in [3.63, 3.8) is 0 Å². The minimum absolute atomic E-state index is 0.0193. The first kappa shape index (κ1) is 17.2. The fraction of sp³-hybridized carbons (Fsp3) is 0.438. The van der Waals surface area contributed by atoms with Gasteiger partial charge in [0, 0.05) is 18.8 Å². The second kappa shape index (κ2) is 7.48. The maximum atomic E-state index is 12.4. The van der Waals surface area contributed by atoms with Crippen molar-refractivity contribution in [3.05, 3.63) is 23.8 Å². The number of aromatic nitrogens is 2. The number of hydrogen-bond acceptors (Lipinski definition) is 6. The van der Waals surface area contributed by atoms with Crippen molar-refractivity contribution in [1.82, 2.24) is 14.9 Å². The Kier molecular flexibility index (Phi) is 5.35. The molecule has 1 saturated heterocycles. The summed E-state index contributed by atoms with van der Waals surface area (Å²) in [5.41, 5.74) is 3.04. The second-order valence-corrected chi connectivity index (χ2v) is 7.85. The van der Waals surface area contributed by atoms with Gasteiger partial charge in [-0.2, -0.15) is 0 Å². The molecule has 1 atom stereocenters. The van der Waals surface area contributed by atoms with Crippen LogP contribution in [0.2, 0.25) is 0 Å². The zero-order valence-electron chi connectivity index (χ0n) is 13.6. The number of hydrogen-bond donors (Lipinski definition) is 1. The number of nitrogens with zero attached hydrogens (tertiary/aromatic N) is 2. The average molecular weight is 365 g/mol. The van der Waals surface area contributed by atoms with Gasteiger partial charge in [0.25, 0.3) is 0 Å². The Morgan fingerprint density at radius 1 is 1.50 bits per heavy atom. The van der Waals surface area contributed by atoms with Crippen LogP contribution in [0.1, 0.15) is 5.56 Å². The van der Waals surface area contributed by atoms with Gasteiger partial charge < -0.3 is 14.6 Å². The number of fused-ring (bicyclic) bond motifs is 1. The third-order valence-corrected chi connectivity index (χ3v) is 5.85. The van der Waals surface area contributed by atoms with Crippen LogP contribution < -0.4 is 0 Å². The number of rotatable bonds is 4. The molecule has 0 aliphatic carbocycles. The number of carbonyl (C=O) groups is 2. The first-order valence-electron chi connectivity index (χ1n) is 7.63. The highest BCUT2D eigenvalue weighted by atomic mass is 32.2. The van der Waals surface area contributed by atoms with Crippen LogP contribution in [-0.2, 0) is 14.3 Å². The van der Waals surface area contributed by atoms with Gasteiger partial charge in [-0.1, -0.05) is 17.8 Å². The number of benzene rings is 1. The molecule has 128 valence electrons. The van der Waals surface area contributed by atoms with Crippen LogP contribution in [0.5, 0.6) is 0 Å². The summed E-state index contributed by atoms with van der Waals surface area (Å²) in [7, 11) is 1.38. The van der Waals surface area contributed by atoms with Gasteiger partial charge >= 0.3 is 5.97 Å². The highest BCUT2D eigenvalue weighted by Gasteiger charge is 2.29. The maximum absolute atomic E-state index is 12.4. The number of nitrogens with one attached hydrogen (secondary N) is 1. The number of carbonyl (C=O) groups excluding carboxylic acids is 2. The molecular weight excluding hydrogens is 346 g/mol. The van der Waals surface area contributed by atoms with Crippen molar-refractivity contribution < 1.29 is 14.3 Å². The fourth-order valence-electron chi connectivity index (χ4n) is 2.54. The minimum Gasteiger partial charge on any atom is -0.468 e. The van der Waals surface area contributed by atoms with Crippen LogP contribution in [0.4, 0.5) is 0 Å². The Bertz CT molecular complexity index is 762. The van der Waals surface area contributed by atoms with Crippen molar-refractivity contribution in [2.75, 3.05) is 31.7 Å². The number of methoxy groups -OCH3 is 1. The predicted octanol–water partition coefficient (Wildman–Crippen LogP) is 2.08. The Morgan fingerprint density at radius 3 is 3.12 bits per heavy atom. The zero-order chi connectivity index (χ0) is 17.1. The van der Waals surface area contributed by atoms with E-state index in [1.165, 1.54) is 24.4 Å². The van der Waals surface area contributed by atoms with Gasteiger partial charge in [-0.05, 0) is 24.6 Å². The third-order valence-electron chi connectivity index (χ3n) is 3.83. The van der Waals surface area contributed by atoms with Crippen LogP contribution in [0.15, 0.2) is 23.4 Å². The van der Waals surface area contributed by atoms with Crippen molar-refractivity contribution >= 4 is 46.4 Å². The van der Waals surface area contributed by atoms with E-state index in [1.807, 2.05) is 25.1 Å².